The zero-order valence-corrected chi connectivity index (χ0v) is 36.0. The fourth-order valence-electron chi connectivity index (χ4n) is 5.07. The molecule has 0 saturated heterocycles. The molecule has 0 aliphatic heterocycles. The van der Waals surface area contributed by atoms with Crippen molar-refractivity contribution in [2.75, 3.05) is 26.4 Å². The molecule has 10 nitrogen and oxygen atoms in total. The number of allylic oxidation sites excluding steroid dienone is 16. The van der Waals surface area contributed by atoms with Gasteiger partial charge in [-0.2, -0.15) is 0 Å². The van der Waals surface area contributed by atoms with Crippen molar-refractivity contribution in [1.29, 1.82) is 0 Å². The molecule has 0 saturated carbocycles. The number of ether oxygens (including phenoxy) is 2. The summed E-state index contributed by atoms with van der Waals surface area (Å²) in [6.07, 6.45) is 53.3. The summed E-state index contributed by atoms with van der Waals surface area (Å²) in [6, 6.07) is -1.49. The second kappa shape index (κ2) is 41.1. The SMILES string of the molecule is CC/C=C\C/C=C\C/C=C\C/C=C\C/C=C\C/C=C\CCC(=O)OC(COCCCCCCCC/C=C\C/C=C\CCCCC)COP(=O)(O)OCC(N)C(=O)O. The average Bonchev–Trinajstić information content (AvgIpc) is 3.19. The molecule has 0 aliphatic rings. The van der Waals surface area contributed by atoms with E-state index in [4.69, 9.17) is 29.4 Å². The van der Waals surface area contributed by atoms with Crippen molar-refractivity contribution < 1.29 is 42.7 Å². The predicted octanol–water partition coefficient (Wildman–Crippen LogP) is 11.8. The highest BCUT2D eigenvalue weighted by atomic mass is 31.2. The van der Waals surface area contributed by atoms with E-state index < -0.39 is 45.1 Å². The minimum Gasteiger partial charge on any atom is -0.480 e. The zero-order valence-electron chi connectivity index (χ0n) is 35.1. The first-order valence-electron chi connectivity index (χ1n) is 21.3. The van der Waals surface area contributed by atoms with Crippen molar-refractivity contribution in [2.24, 2.45) is 5.73 Å². The minimum atomic E-state index is -4.65. The molecule has 3 unspecified atom stereocenters. The van der Waals surface area contributed by atoms with E-state index >= 15 is 0 Å². The van der Waals surface area contributed by atoms with Gasteiger partial charge in [-0.05, 0) is 83.5 Å². The Morgan fingerprint density at radius 2 is 1.02 bits per heavy atom. The molecule has 0 radical (unpaired) electrons. The number of rotatable bonds is 39. The molecular formula is C46H76NO9P. The van der Waals surface area contributed by atoms with Crippen molar-refractivity contribution in [2.45, 2.75) is 154 Å². The number of hydrogen-bond acceptors (Lipinski definition) is 8. The molecule has 57 heavy (non-hydrogen) atoms. The van der Waals surface area contributed by atoms with Crippen molar-refractivity contribution in [1.82, 2.24) is 0 Å². The van der Waals surface area contributed by atoms with Gasteiger partial charge in [-0.25, -0.2) is 4.57 Å². The normalized spacial score (nSPS) is 14.9. The maximum Gasteiger partial charge on any atom is 0.472 e. The number of esters is 1. The summed E-state index contributed by atoms with van der Waals surface area (Å²) >= 11 is 0. The molecule has 0 aromatic heterocycles. The number of carbonyl (C=O) groups is 2. The van der Waals surface area contributed by atoms with Crippen molar-refractivity contribution in [3.05, 3.63) is 97.2 Å². The van der Waals surface area contributed by atoms with Crippen LogP contribution in [0.5, 0.6) is 0 Å². The monoisotopic (exact) mass is 818 g/mol. The molecule has 4 N–H and O–H groups in total. The second-order valence-electron chi connectivity index (χ2n) is 13.7. The van der Waals surface area contributed by atoms with Gasteiger partial charge in [0.25, 0.3) is 0 Å². The Hall–Kier alpha value is -3.11. The molecular weight excluding hydrogens is 741 g/mol. The van der Waals surface area contributed by atoms with Crippen LogP contribution in [0.15, 0.2) is 97.2 Å². The van der Waals surface area contributed by atoms with E-state index in [-0.39, 0.29) is 13.0 Å². The lowest BCUT2D eigenvalue weighted by atomic mass is 10.1. The summed E-state index contributed by atoms with van der Waals surface area (Å²) in [5.74, 6) is -1.88. The third-order valence-corrected chi connectivity index (χ3v) is 9.31. The molecule has 0 rings (SSSR count). The van der Waals surface area contributed by atoms with Crippen molar-refractivity contribution >= 4 is 19.8 Å². The molecule has 0 heterocycles. The minimum absolute atomic E-state index is 0.0272. The van der Waals surface area contributed by atoms with Crippen LogP contribution in [0.25, 0.3) is 0 Å². The van der Waals surface area contributed by atoms with Gasteiger partial charge in [0.2, 0.25) is 0 Å². The van der Waals surface area contributed by atoms with Crippen LogP contribution in [0, 0.1) is 0 Å². The Kier molecular flexibility index (Phi) is 38.8. The maximum absolute atomic E-state index is 12.6. The number of aliphatic carboxylic acids is 1. The first-order valence-corrected chi connectivity index (χ1v) is 22.8. The number of nitrogens with two attached hydrogens (primary N) is 1. The molecule has 0 fully saturated rings. The van der Waals surface area contributed by atoms with E-state index in [1.165, 1.54) is 38.5 Å². The number of carboxylic acids is 1. The molecule has 0 aliphatic carbocycles. The largest absolute Gasteiger partial charge is 0.480 e. The van der Waals surface area contributed by atoms with Crippen LogP contribution in [0.4, 0.5) is 0 Å². The fourth-order valence-corrected chi connectivity index (χ4v) is 5.85. The molecule has 0 spiro atoms. The standard InChI is InChI=1S/C46H76NO9P/c1-3-5-7-9-11-13-15-17-19-21-22-23-24-26-28-30-32-34-36-38-45(48)56-43(41-54-57(51,52)55-42-44(47)46(49)50)40-53-39-37-35-33-31-29-27-25-20-18-16-14-12-10-8-6-4-2/h5,7,11-14,17-20,22-23,26,28,32,34,43-44H,3-4,6,8-10,15-16,21,24-25,27,29-31,33,35-42,47H2,1-2H3,(H,49,50)(H,51,52)/b7-5-,13-11-,14-12-,19-17-,20-18-,23-22-,28-26-,34-32-. The predicted molar refractivity (Wildman–Crippen MR) is 235 cm³/mol. The van der Waals surface area contributed by atoms with E-state index in [9.17, 15) is 19.0 Å². The molecule has 3 atom stereocenters. The van der Waals surface area contributed by atoms with Gasteiger partial charge in [-0.1, -0.05) is 150 Å². The van der Waals surface area contributed by atoms with Gasteiger partial charge < -0.3 is 25.2 Å². The molecule has 11 heteroatoms. The lowest BCUT2D eigenvalue weighted by Crippen LogP contribution is -2.34. The van der Waals surface area contributed by atoms with Gasteiger partial charge in [0.1, 0.15) is 12.1 Å². The van der Waals surface area contributed by atoms with Gasteiger partial charge >= 0.3 is 19.8 Å². The summed E-state index contributed by atoms with van der Waals surface area (Å²) in [7, 11) is -4.65. The number of unbranched alkanes of at least 4 members (excludes halogenated alkanes) is 9. The van der Waals surface area contributed by atoms with Crippen LogP contribution in [0.3, 0.4) is 0 Å². The highest BCUT2D eigenvalue weighted by Crippen LogP contribution is 2.43. The van der Waals surface area contributed by atoms with Crippen molar-refractivity contribution in [3.63, 3.8) is 0 Å². The zero-order chi connectivity index (χ0) is 41.9. The van der Waals surface area contributed by atoms with Gasteiger partial charge in [-0.15, -0.1) is 0 Å². The first-order chi connectivity index (χ1) is 27.7. The summed E-state index contributed by atoms with van der Waals surface area (Å²) in [4.78, 5) is 33.5. The van der Waals surface area contributed by atoms with Crippen LogP contribution in [0.1, 0.15) is 142 Å². The van der Waals surface area contributed by atoms with Crippen LogP contribution in [-0.2, 0) is 32.7 Å². The fraction of sp³-hybridized carbons (Fsp3) is 0.609. The lowest BCUT2D eigenvalue weighted by Gasteiger charge is -2.20. The topological polar surface area (TPSA) is 155 Å². The Morgan fingerprint density at radius 3 is 1.53 bits per heavy atom. The average molecular weight is 818 g/mol. The second-order valence-corrected chi connectivity index (χ2v) is 15.2. The summed E-state index contributed by atoms with van der Waals surface area (Å²) < 4.78 is 33.2. The summed E-state index contributed by atoms with van der Waals surface area (Å²) in [6.45, 7) is 3.59. The number of carboxylic acid groups (broad SMARTS) is 1. The van der Waals surface area contributed by atoms with Crippen LogP contribution >= 0.6 is 7.82 Å². The number of phosphoric ester groups is 1. The quantitative estimate of drug-likeness (QED) is 0.0236. The third kappa shape index (κ3) is 40.9. The Balaban J connectivity index is 4.43. The van der Waals surface area contributed by atoms with Gasteiger partial charge in [0, 0.05) is 13.0 Å². The van der Waals surface area contributed by atoms with E-state index in [1.807, 2.05) is 12.2 Å². The van der Waals surface area contributed by atoms with Gasteiger partial charge in [0.15, 0.2) is 0 Å². The van der Waals surface area contributed by atoms with E-state index in [0.717, 1.165) is 77.0 Å². The van der Waals surface area contributed by atoms with E-state index in [1.54, 1.807) is 0 Å². The molecule has 0 amide bonds. The highest BCUT2D eigenvalue weighted by molar-refractivity contribution is 7.47. The summed E-state index contributed by atoms with van der Waals surface area (Å²) in [5, 5.41) is 8.89. The Labute approximate surface area is 345 Å². The van der Waals surface area contributed by atoms with Crippen LogP contribution in [-0.4, -0.2) is 60.5 Å². The number of carbonyl (C=O) groups excluding carboxylic acids is 1. The highest BCUT2D eigenvalue weighted by Gasteiger charge is 2.27. The van der Waals surface area contributed by atoms with Crippen LogP contribution < -0.4 is 5.73 Å². The van der Waals surface area contributed by atoms with Crippen molar-refractivity contribution in [3.8, 4) is 0 Å². The Morgan fingerprint density at radius 1 is 0.579 bits per heavy atom. The molecule has 0 bridgehead atoms. The van der Waals surface area contributed by atoms with Gasteiger partial charge in [0.05, 0.1) is 19.8 Å². The number of hydrogen-bond donors (Lipinski definition) is 3. The van der Waals surface area contributed by atoms with Crippen LogP contribution in [0.2, 0.25) is 0 Å². The smallest absolute Gasteiger partial charge is 0.472 e. The molecule has 0 aromatic rings. The maximum atomic E-state index is 12.6. The summed E-state index contributed by atoms with van der Waals surface area (Å²) in [5.41, 5.74) is 5.34. The lowest BCUT2D eigenvalue weighted by molar-refractivity contribution is -0.154. The van der Waals surface area contributed by atoms with E-state index in [2.05, 4.69) is 98.9 Å². The third-order valence-electron chi connectivity index (χ3n) is 8.36. The first kappa shape index (κ1) is 53.9. The number of phosphoric acid groups is 1. The molecule has 0 aromatic carbocycles. The van der Waals surface area contributed by atoms with E-state index in [0.29, 0.717) is 13.0 Å². The Bertz CT molecular complexity index is 1270. The van der Waals surface area contributed by atoms with Gasteiger partial charge in [-0.3, -0.25) is 18.6 Å². The molecule has 324 valence electrons.